The largest absolute Gasteiger partial charge is 0.475 e. The third-order valence-corrected chi connectivity index (χ3v) is 8.20. The van der Waals surface area contributed by atoms with Crippen LogP contribution in [-0.4, -0.2) is 45.9 Å². The summed E-state index contributed by atoms with van der Waals surface area (Å²) in [5.41, 5.74) is 3.01. The van der Waals surface area contributed by atoms with Crippen LogP contribution in [0.3, 0.4) is 0 Å². The van der Waals surface area contributed by atoms with E-state index < -0.39 is 0 Å². The molecule has 0 bridgehead atoms. The Hall–Kier alpha value is -2.25. The molecule has 0 saturated carbocycles. The Kier molecular flexibility index (Phi) is 14.0. The number of quaternary nitrogens is 1. The first-order valence-electron chi connectivity index (χ1n) is 15.3. The van der Waals surface area contributed by atoms with E-state index in [0.29, 0.717) is 29.9 Å². The molecule has 1 aliphatic rings. The van der Waals surface area contributed by atoms with Crippen molar-refractivity contribution < 1.29 is 18.8 Å². The molecule has 0 amide bonds. The van der Waals surface area contributed by atoms with E-state index in [1.54, 1.807) is 0 Å². The minimum absolute atomic E-state index is 0.100. The minimum atomic E-state index is -0.360. The zero-order chi connectivity index (χ0) is 27.8. The number of nitrogens with zero attached hydrogens (tertiary/aromatic N) is 3. The van der Waals surface area contributed by atoms with Crippen LogP contribution in [0.4, 0.5) is 0 Å². The third-order valence-electron chi connectivity index (χ3n) is 7.69. The fourth-order valence-corrected chi connectivity index (χ4v) is 5.90. The van der Waals surface area contributed by atoms with Crippen LogP contribution in [0.5, 0.6) is 5.88 Å². The number of benzene rings is 1. The highest BCUT2D eigenvalue weighted by molar-refractivity contribution is 6.99. The van der Waals surface area contributed by atoms with E-state index in [0.717, 1.165) is 49.1 Å². The van der Waals surface area contributed by atoms with Crippen LogP contribution < -0.4 is 4.74 Å². The first-order chi connectivity index (χ1) is 19.1. The third kappa shape index (κ3) is 10.3. The Morgan fingerprint density at radius 2 is 1.59 bits per heavy atom. The van der Waals surface area contributed by atoms with Crippen molar-refractivity contribution in [1.29, 1.82) is 0 Å². The molecular formula is C32H50N3O3S+. The van der Waals surface area contributed by atoms with Crippen LogP contribution >= 0.6 is 11.7 Å². The molecule has 2 unspecified atom stereocenters. The number of carbonyl (C=O) groups excluding carboxylic acids is 1. The fourth-order valence-electron chi connectivity index (χ4n) is 5.37. The summed E-state index contributed by atoms with van der Waals surface area (Å²) in [6.45, 7) is 6.72. The smallest absolute Gasteiger partial charge is 0.310 e. The molecule has 0 saturated heterocycles. The highest BCUT2D eigenvalue weighted by Crippen LogP contribution is 2.37. The zero-order valence-electron chi connectivity index (χ0n) is 24.5. The quantitative estimate of drug-likeness (QED) is 0.0986. The first kappa shape index (κ1) is 31.3. The highest BCUT2D eigenvalue weighted by atomic mass is 32.1. The van der Waals surface area contributed by atoms with Gasteiger partial charge in [-0.15, -0.1) is 4.37 Å². The molecule has 0 fully saturated rings. The molecule has 39 heavy (non-hydrogen) atoms. The van der Waals surface area contributed by atoms with Crippen molar-refractivity contribution in [2.45, 2.75) is 110 Å². The molecule has 0 aliphatic carbocycles. The maximum atomic E-state index is 13.1. The Balaban J connectivity index is 1.61. The van der Waals surface area contributed by atoms with Crippen molar-refractivity contribution in [3.63, 3.8) is 0 Å². The molecule has 0 spiro atoms. The van der Waals surface area contributed by atoms with Crippen molar-refractivity contribution in [3.8, 4) is 5.88 Å². The number of likely N-dealkylation sites (N-methyl/N-ethyl adjacent to an activating group) is 1. The first-order valence-corrected chi connectivity index (χ1v) is 16.0. The van der Waals surface area contributed by atoms with Crippen LogP contribution in [0.15, 0.2) is 36.4 Å². The fraction of sp³-hybridized carbons (Fsp3) is 0.656. The molecule has 1 aliphatic heterocycles. The van der Waals surface area contributed by atoms with Gasteiger partial charge in [-0.05, 0) is 25.0 Å². The summed E-state index contributed by atoms with van der Waals surface area (Å²) in [4.78, 5) is 13.1. The standard InChI is InChI=1S/C32H50N3O3S/c1-4-6-8-10-11-12-13-17-23-29(36)38-32(27-20-15-14-16-21-27)35(3)24-19-22-28(26-35)30-31(34-39-33-30)37-25-18-9-7-5-2/h14-16,20-22,32H,4-13,17-19,23-26H2,1-3H3/q+1. The number of carbonyl (C=O) groups is 1. The number of esters is 1. The molecule has 0 radical (unpaired) electrons. The van der Waals surface area contributed by atoms with E-state index in [9.17, 15) is 4.79 Å². The second-order valence-electron chi connectivity index (χ2n) is 11.2. The van der Waals surface area contributed by atoms with E-state index in [4.69, 9.17) is 9.47 Å². The van der Waals surface area contributed by atoms with Crippen molar-refractivity contribution in [2.75, 3.05) is 26.7 Å². The molecular weight excluding hydrogens is 506 g/mol. The van der Waals surface area contributed by atoms with Gasteiger partial charge in [0.05, 0.1) is 37.5 Å². The molecule has 0 N–H and O–H groups in total. The Morgan fingerprint density at radius 3 is 2.31 bits per heavy atom. The molecule has 2 heterocycles. The van der Waals surface area contributed by atoms with Crippen molar-refractivity contribution >= 4 is 23.3 Å². The van der Waals surface area contributed by atoms with Gasteiger partial charge >= 0.3 is 5.97 Å². The molecule has 3 rings (SSSR count). The van der Waals surface area contributed by atoms with Gasteiger partial charge in [0.25, 0.3) is 12.1 Å². The number of hydrogen-bond donors (Lipinski definition) is 0. The number of hydrogen-bond acceptors (Lipinski definition) is 6. The monoisotopic (exact) mass is 556 g/mol. The van der Waals surface area contributed by atoms with Gasteiger partial charge in [-0.2, -0.15) is 4.37 Å². The lowest BCUT2D eigenvalue weighted by atomic mass is 10.0. The maximum Gasteiger partial charge on any atom is 0.310 e. The van der Waals surface area contributed by atoms with Crippen LogP contribution in [0.25, 0.3) is 5.57 Å². The minimum Gasteiger partial charge on any atom is -0.475 e. The van der Waals surface area contributed by atoms with Gasteiger partial charge in [0, 0.05) is 18.4 Å². The molecule has 2 atom stereocenters. The van der Waals surface area contributed by atoms with E-state index in [1.165, 1.54) is 69.5 Å². The zero-order valence-corrected chi connectivity index (χ0v) is 25.4. The highest BCUT2D eigenvalue weighted by Gasteiger charge is 2.40. The molecule has 6 nitrogen and oxygen atoms in total. The van der Waals surface area contributed by atoms with Gasteiger partial charge < -0.3 is 9.47 Å². The Labute approximate surface area is 240 Å². The Morgan fingerprint density at radius 1 is 0.923 bits per heavy atom. The Bertz CT molecular complexity index is 994. The topological polar surface area (TPSA) is 61.3 Å². The second kappa shape index (κ2) is 17.4. The summed E-state index contributed by atoms with van der Waals surface area (Å²) in [7, 11) is 2.19. The summed E-state index contributed by atoms with van der Waals surface area (Å²) in [6, 6.07) is 10.2. The summed E-state index contributed by atoms with van der Waals surface area (Å²) < 4.78 is 22.0. The molecule has 2 aromatic rings. The van der Waals surface area contributed by atoms with Gasteiger partial charge in [0.2, 0.25) is 0 Å². The maximum absolute atomic E-state index is 13.1. The lowest BCUT2D eigenvalue weighted by molar-refractivity contribution is -0.953. The number of rotatable bonds is 19. The van der Waals surface area contributed by atoms with Crippen LogP contribution in [-0.2, 0) is 9.53 Å². The van der Waals surface area contributed by atoms with Gasteiger partial charge in [-0.25, -0.2) is 0 Å². The van der Waals surface area contributed by atoms with Crippen LogP contribution in [0.2, 0.25) is 0 Å². The van der Waals surface area contributed by atoms with Gasteiger partial charge in [0.1, 0.15) is 12.2 Å². The summed E-state index contributed by atoms with van der Waals surface area (Å²) in [5, 5.41) is 0. The average molecular weight is 557 g/mol. The van der Waals surface area contributed by atoms with Crippen LogP contribution in [0.1, 0.15) is 121 Å². The lowest BCUT2D eigenvalue weighted by Crippen LogP contribution is -2.51. The van der Waals surface area contributed by atoms with E-state index in [-0.39, 0.29) is 12.2 Å². The number of ether oxygens (including phenoxy) is 2. The predicted molar refractivity (Wildman–Crippen MR) is 161 cm³/mol. The molecule has 7 heteroatoms. The predicted octanol–water partition coefficient (Wildman–Crippen LogP) is 8.50. The lowest BCUT2D eigenvalue weighted by Gasteiger charge is -2.42. The summed E-state index contributed by atoms with van der Waals surface area (Å²) >= 11 is 1.20. The summed E-state index contributed by atoms with van der Waals surface area (Å²) in [6.07, 6.45) is 17.6. The van der Waals surface area contributed by atoms with Crippen molar-refractivity contribution in [2.24, 2.45) is 0 Å². The normalized spacial score (nSPS) is 18.0. The van der Waals surface area contributed by atoms with Crippen molar-refractivity contribution in [1.82, 2.24) is 8.75 Å². The molecule has 1 aromatic heterocycles. The second-order valence-corrected chi connectivity index (χ2v) is 11.7. The van der Waals surface area contributed by atoms with Gasteiger partial charge in [-0.3, -0.25) is 9.28 Å². The summed E-state index contributed by atoms with van der Waals surface area (Å²) in [5.74, 6) is 0.538. The molecule has 1 aromatic carbocycles. The van der Waals surface area contributed by atoms with Gasteiger partial charge in [-0.1, -0.05) is 102 Å². The van der Waals surface area contributed by atoms with Crippen molar-refractivity contribution in [3.05, 3.63) is 47.7 Å². The van der Waals surface area contributed by atoms with Crippen LogP contribution in [0, 0.1) is 0 Å². The van der Waals surface area contributed by atoms with E-state index in [1.807, 2.05) is 18.2 Å². The average Bonchev–Trinajstić information content (AvgIpc) is 3.42. The SMILES string of the molecule is CCCCCCCCCCC(=O)OC(c1ccccc1)[N+]1(C)CCC=C(c2nsnc2OCCCCCC)C1. The van der Waals surface area contributed by atoms with E-state index in [2.05, 4.69) is 47.9 Å². The number of unbranched alkanes of at least 4 members (excludes halogenated alkanes) is 10. The molecule has 216 valence electrons. The van der Waals surface area contributed by atoms with E-state index >= 15 is 0 Å². The van der Waals surface area contributed by atoms with Gasteiger partial charge in [0.15, 0.2) is 0 Å². The number of aromatic nitrogens is 2.